The Kier molecular flexibility index (Phi) is 6.86. The maximum atomic E-state index is 12.0. The Morgan fingerprint density at radius 1 is 1.19 bits per heavy atom. The van der Waals surface area contributed by atoms with Crippen LogP contribution in [-0.2, 0) is 29.2 Å². The van der Waals surface area contributed by atoms with E-state index in [-0.39, 0.29) is 5.16 Å². The Bertz CT molecular complexity index is 1240. The van der Waals surface area contributed by atoms with Crippen molar-refractivity contribution in [3.8, 4) is 0 Å². The first kappa shape index (κ1) is 23.2. The third-order valence-corrected chi connectivity index (χ3v) is 7.88. The van der Waals surface area contributed by atoms with Gasteiger partial charge in [0.15, 0.2) is 5.65 Å². The van der Waals surface area contributed by atoms with Crippen LogP contribution in [0.3, 0.4) is 0 Å². The van der Waals surface area contributed by atoms with Crippen molar-refractivity contribution in [2.45, 2.75) is 44.1 Å². The lowest BCUT2D eigenvalue weighted by atomic mass is 10.3. The summed E-state index contributed by atoms with van der Waals surface area (Å²) in [6, 6.07) is 9.11. The molecule has 4 rings (SSSR count). The zero-order valence-corrected chi connectivity index (χ0v) is 21.9. The van der Waals surface area contributed by atoms with Crippen LogP contribution in [0.25, 0.3) is 16.7 Å². The molecule has 1 unspecified atom stereocenters. The highest BCUT2D eigenvalue weighted by Crippen LogP contribution is 2.21. The van der Waals surface area contributed by atoms with Gasteiger partial charge in [-0.15, -0.1) is 4.98 Å². The van der Waals surface area contributed by atoms with E-state index in [2.05, 4.69) is 60.5 Å². The predicted molar refractivity (Wildman–Crippen MR) is 132 cm³/mol. The molecule has 170 valence electrons. The SMILES string of the molecule is C[S+]([O-])c1nc(NCc2nc3ccccc3n2COCC[Si](C)(C)C)n2ncc(Br)c2n1. The summed E-state index contributed by atoms with van der Waals surface area (Å²) in [5.74, 6) is 1.26. The van der Waals surface area contributed by atoms with Crippen LogP contribution in [0.1, 0.15) is 5.82 Å². The van der Waals surface area contributed by atoms with E-state index >= 15 is 0 Å². The lowest BCUT2D eigenvalue weighted by Gasteiger charge is -2.16. The van der Waals surface area contributed by atoms with Gasteiger partial charge in [-0.25, -0.2) is 4.98 Å². The monoisotopic (exact) mass is 535 g/mol. The number of hydrogen-bond acceptors (Lipinski definition) is 7. The van der Waals surface area contributed by atoms with Crippen molar-refractivity contribution in [1.29, 1.82) is 0 Å². The summed E-state index contributed by atoms with van der Waals surface area (Å²) in [5.41, 5.74) is 2.47. The molecule has 0 amide bonds. The van der Waals surface area contributed by atoms with Crippen LogP contribution < -0.4 is 5.32 Å². The van der Waals surface area contributed by atoms with E-state index in [4.69, 9.17) is 9.72 Å². The van der Waals surface area contributed by atoms with Crippen molar-refractivity contribution in [3.05, 3.63) is 40.8 Å². The highest BCUT2D eigenvalue weighted by atomic mass is 79.9. The fourth-order valence-corrected chi connectivity index (χ4v) is 4.71. The van der Waals surface area contributed by atoms with Gasteiger partial charge in [-0.1, -0.05) is 31.8 Å². The molecule has 12 heteroatoms. The number of anilines is 1. The van der Waals surface area contributed by atoms with E-state index < -0.39 is 19.2 Å². The van der Waals surface area contributed by atoms with Crippen LogP contribution in [0, 0.1) is 0 Å². The summed E-state index contributed by atoms with van der Waals surface area (Å²) in [5, 5.41) is 7.85. The summed E-state index contributed by atoms with van der Waals surface area (Å²) in [6.07, 6.45) is 3.19. The van der Waals surface area contributed by atoms with Crippen molar-refractivity contribution in [1.82, 2.24) is 29.1 Å². The highest BCUT2D eigenvalue weighted by Gasteiger charge is 2.19. The molecular formula is C20H26BrN7O2SSi. The lowest BCUT2D eigenvalue weighted by Crippen LogP contribution is -2.22. The van der Waals surface area contributed by atoms with Crippen molar-refractivity contribution in [2.75, 3.05) is 18.2 Å². The Labute approximate surface area is 198 Å². The molecule has 0 aliphatic heterocycles. The molecule has 0 aliphatic carbocycles. The molecule has 0 fully saturated rings. The first-order chi connectivity index (χ1) is 15.2. The van der Waals surface area contributed by atoms with E-state index in [0.29, 0.717) is 29.3 Å². The maximum absolute atomic E-state index is 12.0. The van der Waals surface area contributed by atoms with E-state index in [0.717, 1.165) is 29.5 Å². The number of para-hydroxylation sites is 2. The van der Waals surface area contributed by atoms with Gasteiger partial charge in [-0.2, -0.15) is 14.6 Å². The van der Waals surface area contributed by atoms with Crippen LogP contribution in [0.15, 0.2) is 40.1 Å². The molecule has 0 aliphatic rings. The first-order valence-corrected chi connectivity index (χ1v) is 16.3. The fraction of sp³-hybridized carbons (Fsp3) is 0.400. The normalized spacial score (nSPS) is 13.2. The minimum Gasteiger partial charge on any atom is -0.609 e. The van der Waals surface area contributed by atoms with Crippen molar-refractivity contribution < 1.29 is 9.29 Å². The Hall–Kier alpha value is -1.99. The zero-order chi connectivity index (χ0) is 22.9. The average Bonchev–Trinajstić information content (AvgIpc) is 3.29. The van der Waals surface area contributed by atoms with Gasteiger partial charge in [0.05, 0.1) is 28.2 Å². The third-order valence-electron chi connectivity index (χ3n) is 4.92. The van der Waals surface area contributed by atoms with Crippen molar-refractivity contribution >= 4 is 57.8 Å². The van der Waals surface area contributed by atoms with Crippen LogP contribution in [0.4, 0.5) is 5.95 Å². The van der Waals surface area contributed by atoms with Gasteiger partial charge < -0.3 is 19.2 Å². The average molecular weight is 537 g/mol. The lowest BCUT2D eigenvalue weighted by molar-refractivity contribution is 0.0880. The van der Waals surface area contributed by atoms with Crippen LogP contribution in [0.5, 0.6) is 0 Å². The Morgan fingerprint density at radius 3 is 2.72 bits per heavy atom. The van der Waals surface area contributed by atoms with E-state index in [9.17, 15) is 4.55 Å². The van der Waals surface area contributed by atoms with Gasteiger partial charge in [0.1, 0.15) is 18.8 Å². The second-order valence-electron chi connectivity index (χ2n) is 8.66. The number of ether oxygens (including phenoxy) is 1. The molecule has 1 aromatic carbocycles. The van der Waals surface area contributed by atoms with Gasteiger partial charge in [0.25, 0.3) is 0 Å². The minimum atomic E-state index is -1.33. The van der Waals surface area contributed by atoms with Gasteiger partial charge in [0.2, 0.25) is 5.95 Å². The molecule has 0 spiro atoms. The van der Waals surface area contributed by atoms with Crippen LogP contribution in [0.2, 0.25) is 25.7 Å². The van der Waals surface area contributed by atoms with Crippen LogP contribution >= 0.6 is 15.9 Å². The van der Waals surface area contributed by atoms with Crippen molar-refractivity contribution in [3.63, 3.8) is 0 Å². The molecule has 0 saturated heterocycles. The fourth-order valence-electron chi connectivity index (χ4n) is 3.17. The van der Waals surface area contributed by atoms with Gasteiger partial charge >= 0.3 is 5.16 Å². The maximum Gasteiger partial charge on any atom is 0.347 e. The molecule has 3 heterocycles. The van der Waals surface area contributed by atoms with E-state index in [1.54, 1.807) is 17.0 Å². The molecule has 3 aromatic heterocycles. The van der Waals surface area contributed by atoms with E-state index in [1.165, 1.54) is 0 Å². The van der Waals surface area contributed by atoms with Crippen LogP contribution in [-0.4, -0.2) is 54.6 Å². The topological polar surface area (TPSA) is 105 Å². The number of halogens is 1. The number of nitrogens with zero attached hydrogens (tertiary/aromatic N) is 6. The van der Waals surface area contributed by atoms with Gasteiger partial charge in [-0.3, -0.25) is 0 Å². The minimum absolute atomic E-state index is 0.240. The first-order valence-electron chi connectivity index (χ1n) is 10.2. The molecule has 9 nitrogen and oxygen atoms in total. The summed E-state index contributed by atoms with van der Waals surface area (Å²) >= 11 is 2.11. The molecule has 32 heavy (non-hydrogen) atoms. The largest absolute Gasteiger partial charge is 0.609 e. The highest BCUT2D eigenvalue weighted by molar-refractivity contribution is 9.10. The standard InChI is InChI=1S/C20H26BrN7O2SSi/c1-31(29)20-25-18-14(21)11-23-28(18)19(26-20)22-12-17-24-15-7-5-6-8-16(15)27(17)13-30-9-10-32(2,3)4/h5-8,11H,9-10,12-13H2,1-4H3,(H,22,25,26). The molecule has 4 aromatic rings. The van der Waals surface area contributed by atoms with Crippen molar-refractivity contribution in [2.24, 2.45) is 0 Å². The molecule has 0 bridgehead atoms. The number of imidazole rings is 1. The number of fused-ring (bicyclic) bond motifs is 2. The second kappa shape index (κ2) is 9.47. The van der Waals surface area contributed by atoms with E-state index in [1.807, 2.05) is 24.3 Å². The van der Waals surface area contributed by atoms with Gasteiger partial charge in [0, 0.05) is 25.9 Å². The summed E-state index contributed by atoms with van der Waals surface area (Å²) < 4.78 is 22.4. The molecular weight excluding hydrogens is 510 g/mol. The Balaban J connectivity index is 1.59. The zero-order valence-electron chi connectivity index (χ0n) is 18.5. The second-order valence-corrected chi connectivity index (χ2v) is 16.4. The molecule has 1 N–H and O–H groups in total. The number of nitrogens with one attached hydrogen (secondary N) is 1. The summed E-state index contributed by atoms with van der Waals surface area (Å²) in [4.78, 5) is 13.5. The summed E-state index contributed by atoms with van der Waals surface area (Å²) in [7, 11) is -1.16. The molecule has 0 radical (unpaired) electrons. The smallest absolute Gasteiger partial charge is 0.347 e. The predicted octanol–water partition coefficient (Wildman–Crippen LogP) is 3.90. The Morgan fingerprint density at radius 2 is 1.97 bits per heavy atom. The number of rotatable bonds is 9. The molecule has 0 saturated carbocycles. The number of hydrogen-bond donors (Lipinski definition) is 1. The molecule has 1 atom stereocenters. The number of benzene rings is 1. The number of aromatic nitrogens is 6. The summed E-state index contributed by atoms with van der Waals surface area (Å²) in [6.45, 7) is 8.57. The van der Waals surface area contributed by atoms with Gasteiger partial charge in [-0.05, 0) is 34.1 Å². The third kappa shape index (κ3) is 5.15. The quantitative estimate of drug-likeness (QED) is 0.197.